The van der Waals surface area contributed by atoms with Crippen LogP contribution in [0.25, 0.3) is 0 Å². The molecule has 31 heavy (non-hydrogen) atoms. The van der Waals surface area contributed by atoms with Crippen molar-refractivity contribution in [2.24, 2.45) is 5.41 Å². The highest BCUT2D eigenvalue weighted by atomic mass is 19.1. The van der Waals surface area contributed by atoms with E-state index in [1.54, 1.807) is 36.4 Å². The van der Waals surface area contributed by atoms with Gasteiger partial charge in [0.25, 0.3) is 0 Å². The molecule has 0 unspecified atom stereocenters. The predicted molar refractivity (Wildman–Crippen MR) is 117 cm³/mol. The average Bonchev–Trinajstić information content (AvgIpc) is 3.13. The first-order valence-corrected chi connectivity index (χ1v) is 10.9. The second kappa shape index (κ2) is 10.5. The lowest BCUT2D eigenvalue weighted by atomic mass is 9.78. The van der Waals surface area contributed by atoms with Crippen molar-refractivity contribution in [1.29, 1.82) is 0 Å². The fourth-order valence-corrected chi connectivity index (χ4v) is 4.24. The summed E-state index contributed by atoms with van der Waals surface area (Å²) in [6.07, 6.45) is 2.61. The van der Waals surface area contributed by atoms with Gasteiger partial charge in [-0.25, -0.2) is 4.39 Å². The van der Waals surface area contributed by atoms with E-state index in [2.05, 4.69) is 5.32 Å². The molecule has 0 heterocycles. The van der Waals surface area contributed by atoms with Crippen LogP contribution in [0.5, 0.6) is 5.75 Å². The topological polar surface area (TPSA) is 75.6 Å². The molecule has 0 saturated heterocycles. The minimum Gasteiger partial charge on any atom is -0.494 e. The maximum Gasteiger partial charge on any atom is 0.220 e. The minimum atomic E-state index is -0.525. The van der Waals surface area contributed by atoms with E-state index in [1.165, 1.54) is 12.1 Å². The lowest BCUT2D eigenvalue weighted by Crippen LogP contribution is -2.44. The van der Waals surface area contributed by atoms with Crippen LogP contribution in [0.2, 0.25) is 0 Å². The Morgan fingerprint density at radius 2 is 1.84 bits per heavy atom. The Morgan fingerprint density at radius 3 is 2.45 bits per heavy atom. The number of aliphatic hydroxyl groups excluding tert-OH is 1. The molecule has 0 aliphatic heterocycles. The molecule has 2 aromatic carbocycles. The van der Waals surface area contributed by atoms with E-state index in [9.17, 15) is 19.1 Å². The largest absolute Gasteiger partial charge is 0.494 e. The molecule has 1 aliphatic carbocycles. The van der Waals surface area contributed by atoms with E-state index in [0.717, 1.165) is 18.4 Å². The van der Waals surface area contributed by atoms with Gasteiger partial charge in [-0.1, -0.05) is 18.6 Å². The fraction of sp³-hybridized carbons (Fsp3) is 0.440. The van der Waals surface area contributed by atoms with Crippen molar-refractivity contribution < 1.29 is 23.8 Å². The molecule has 1 aliphatic rings. The zero-order valence-electron chi connectivity index (χ0n) is 17.9. The summed E-state index contributed by atoms with van der Waals surface area (Å²) in [7, 11) is 0. The summed E-state index contributed by atoms with van der Waals surface area (Å²) >= 11 is 0. The van der Waals surface area contributed by atoms with Gasteiger partial charge < -0.3 is 15.2 Å². The molecule has 2 N–H and O–H groups in total. The van der Waals surface area contributed by atoms with E-state index < -0.39 is 11.5 Å². The molecule has 3 rings (SSSR count). The maximum atomic E-state index is 13.2. The number of halogens is 1. The van der Waals surface area contributed by atoms with Gasteiger partial charge in [0.1, 0.15) is 11.6 Å². The van der Waals surface area contributed by atoms with E-state index in [-0.39, 0.29) is 30.3 Å². The SMILES string of the molecule is CCOc1ccc(C(=O)CCC(=O)NC[C@]2(Cc3ccc(F)cc3)CCC[C@@H]2O)cc1. The first-order chi connectivity index (χ1) is 14.9. The van der Waals surface area contributed by atoms with E-state index in [4.69, 9.17) is 4.74 Å². The number of hydrogen-bond acceptors (Lipinski definition) is 4. The Hall–Kier alpha value is -2.73. The van der Waals surface area contributed by atoms with Gasteiger partial charge in [0, 0.05) is 30.4 Å². The van der Waals surface area contributed by atoms with Crippen LogP contribution in [0, 0.1) is 11.2 Å². The van der Waals surface area contributed by atoms with Crippen LogP contribution in [0.1, 0.15) is 54.9 Å². The van der Waals surface area contributed by atoms with Gasteiger partial charge in [-0.15, -0.1) is 0 Å². The van der Waals surface area contributed by atoms with E-state index in [0.29, 0.717) is 37.3 Å². The van der Waals surface area contributed by atoms with Gasteiger partial charge in [0.2, 0.25) is 5.91 Å². The van der Waals surface area contributed by atoms with Crippen LogP contribution in [-0.2, 0) is 11.2 Å². The number of amides is 1. The number of ether oxygens (including phenoxy) is 1. The van der Waals surface area contributed by atoms with Crippen molar-refractivity contribution in [1.82, 2.24) is 5.32 Å². The Morgan fingerprint density at radius 1 is 1.13 bits per heavy atom. The maximum absolute atomic E-state index is 13.2. The molecule has 2 aromatic rings. The third-order valence-electron chi connectivity index (χ3n) is 6.03. The molecular formula is C25H30FNO4. The molecule has 1 amide bonds. The molecule has 2 atom stereocenters. The molecule has 5 nitrogen and oxygen atoms in total. The molecular weight excluding hydrogens is 397 g/mol. The van der Waals surface area contributed by atoms with Gasteiger partial charge in [0.15, 0.2) is 5.78 Å². The Balaban J connectivity index is 1.52. The van der Waals surface area contributed by atoms with Crippen LogP contribution >= 0.6 is 0 Å². The third kappa shape index (κ3) is 6.14. The molecule has 1 fully saturated rings. The van der Waals surface area contributed by atoms with E-state index >= 15 is 0 Å². The summed E-state index contributed by atoms with van der Waals surface area (Å²) in [5.74, 6) is 0.102. The predicted octanol–water partition coefficient (Wildman–Crippen LogP) is 4.08. The van der Waals surface area contributed by atoms with Crippen LogP contribution < -0.4 is 10.1 Å². The first-order valence-electron chi connectivity index (χ1n) is 10.9. The molecule has 0 aromatic heterocycles. The third-order valence-corrected chi connectivity index (χ3v) is 6.03. The number of aliphatic hydroxyl groups is 1. The number of carbonyl (C=O) groups is 2. The van der Waals surface area contributed by atoms with Crippen LogP contribution in [0.4, 0.5) is 4.39 Å². The van der Waals surface area contributed by atoms with Gasteiger partial charge in [0.05, 0.1) is 12.7 Å². The summed E-state index contributed by atoms with van der Waals surface area (Å²) in [5.41, 5.74) is 1.02. The Bertz CT molecular complexity index is 881. The van der Waals surface area contributed by atoms with E-state index in [1.807, 2.05) is 6.92 Å². The van der Waals surface area contributed by atoms with Crippen LogP contribution in [0.15, 0.2) is 48.5 Å². The van der Waals surface area contributed by atoms with Gasteiger partial charge in [-0.05, 0) is 68.1 Å². The van der Waals surface area contributed by atoms with Gasteiger partial charge >= 0.3 is 0 Å². The summed E-state index contributed by atoms with van der Waals surface area (Å²) in [4.78, 5) is 24.8. The number of carbonyl (C=O) groups excluding carboxylic acids is 2. The number of rotatable bonds is 10. The smallest absolute Gasteiger partial charge is 0.220 e. The molecule has 1 saturated carbocycles. The molecule has 0 radical (unpaired) electrons. The zero-order chi connectivity index (χ0) is 22.3. The lowest BCUT2D eigenvalue weighted by molar-refractivity contribution is -0.121. The normalized spacial score (nSPS) is 20.4. The number of benzene rings is 2. The van der Waals surface area contributed by atoms with Crippen molar-refractivity contribution >= 4 is 11.7 Å². The van der Waals surface area contributed by atoms with Crippen molar-refractivity contribution in [3.8, 4) is 5.75 Å². The molecule has 166 valence electrons. The lowest BCUT2D eigenvalue weighted by Gasteiger charge is -2.33. The average molecular weight is 428 g/mol. The fourth-order valence-electron chi connectivity index (χ4n) is 4.24. The number of nitrogens with one attached hydrogen (secondary N) is 1. The quantitative estimate of drug-likeness (QED) is 0.561. The summed E-state index contributed by atoms with van der Waals surface area (Å²) < 4.78 is 18.6. The van der Waals surface area contributed by atoms with Crippen LogP contribution in [-0.4, -0.2) is 36.1 Å². The number of hydrogen-bond donors (Lipinski definition) is 2. The highest BCUT2D eigenvalue weighted by molar-refractivity contribution is 5.98. The standard InChI is InChI=1S/C25H30FNO4/c1-2-31-21-11-7-19(8-12-21)22(28)13-14-24(30)27-17-25(15-3-4-23(25)29)16-18-5-9-20(26)10-6-18/h5-12,23,29H,2-4,13-17H2,1H3,(H,27,30)/t23-,25+/m0/s1. The van der Waals surface area contributed by atoms with Crippen molar-refractivity contribution in [3.63, 3.8) is 0 Å². The number of Topliss-reactive ketones (excluding diaryl/α,β-unsaturated/α-hetero) is 1. The van der Waals surface area contributed by atoms with Crippen molar-refractivity contribution in [2.45, 2.75) is 51.6 Å². The van der Waals surface area contributed by atoms with Crippen molar-refractivity contribution in [3.05, 3.63) is 65.5 Å². The van der Waals surface area contributed by atoms with Crippen LogP contribution in [0.3, 0.4) is 0 Å². The van der Waals surface area contributed by atoms with Gasteiger partial charge in [-0.3, -0.25) is 9.59 Å². The highest BCUT2D eigenvalue weighted by Gasteiger charge is 2.42. The van der Waals surface area contributed by atoms with Crippen molar-refractivity contribution in [2.75, 3.05) is 13.2 Å². The number of ketones is 1. The highest BCUT2D eigenvalue weighted by Crippen LogP contribution is 2.41. The monoisotopic (exact) mass is 427 g/mol. The summed E-state index contributed by atoms with van der Waals surface area (Å²) in [6.45, 7) is 2.79. The Labute approximate surface area is 182 Å². The Kier molecular flexibility index (Phi) is 7.80. The summed E-state index contributed by atoms with van der Waals surface area (Å²) in [5, 5.41) is 13.5. The second-order valence-electron chi connectivity index (χ2n) is 8.23. The molecule has 6 heteroatoms. The van der Waals surface area contributed by atoms with Gasteiger partial charge in [-0.2, -0.15) is 0 Å². The molecule has 0 spiro atoms. The minimum absolute atomic E-state index is 0.0920. The first kappa shape index (κ1) is 22.9. The second-order valence-corrected chi connectivity index (χ2v) is 8.23. The zero-order valence-corrected chi connectivity index (χ0v) is 17.9. The summed E-state index contributed by atoms with van der Waals surface area (Å²) in [6, 6.07) is 13.2. The molecule has 0 bridgehead atoms.